The number of aliphatic hydroxyl groups is 1. The molecule has 1 aromatic rings. The van der Waals surface area contributed by atoms with Crippen molar-refractivity contribution in [2.75, 3.05) is 31.7 Å². The summed E-state index contributed by atoms with van der Waals surface area (Å²) >= 11 is 0. The first-order valence-corrected chi connectivity index (χ1v) is 6.35. The van der Waals surface area contributed by atoms with Gasteiger partial charge in [-0.3, -0.25) is 0 Å². The molecular weight excluding hydrogens is 226 g/mol. The normalized spacial score (nSPS) is 12.2. The minimum absolute atomic E-state index is 0.370. The third kappa shape index (κ3) is 4.17. The van der Waals surface area contributed by atoms with E-state index in [2.05, 4.69) is 11.5 Å². The third-order valence-corrected chi connectivity index (χ3v) is 2.94. The molecule has 0 aromatic heterocycles. The summed E-state index contributed by atoms with van der Waals surface area (Å²) in [5.41, 5.74) is 2.09. The third-order valence-electron chi connectivity index (χ3n) is 2.94. The summed E-state index contributed by atoms with van der Waals surface area (Å²) in [7, 11) is 1.70. The van der Waals surface area contributed by atoms with Crippen molar-refractivity contribution < 1.29 is 9.84 Å². The van der Waals surface area contributed by atoms with Gasteiger partial charge in [0.2, 0.25) is 0 Å². The molecule has 18 heavy (non-hydrogen) atoms. The first-order valence-electron chi connectivity index (χ1n) is 6.35. The molecule has 3 heteroatoms. The molecule has 0 aliphatic carbocycles. The number of hydrogen-bond acceptors (Lipinski definition) is 3. The van der Waals surface area contributed by atoms with Crippen molar-refractivity contribution in [3.05, 3.63) is 42.5 Å². The van der Waals surface area contributed by atoms with E-state index in [-0.39, 0.29) is 6.10 Å². The van der Waals surface area contributed by atoms with Gasteiger partial charge in [0.25, 0.3) is 0 Å². The molecular formula is C15H23NO2. The smallest absolute Gasteiger partial charge is 0.0787 e. The zero-order valence-corrected chi connectivity index (χ0v) is 11.3. The van der Waals surface area contributed by atoms with Crippen LogP contribution in [0.3, 0.4) is 0 Å². The van der Waals surface area contributed by atoms with E-state index < -0.39 is 0 Å². The topological polar surface area (TPSA) is 32.7 Å². The van der Waals surface area contributed by atoms with E-state index in [1.165, 1.54) is 0 Å². The molecule has 0 saturated carbocycles. The number of methoxy groups -OCH3 is 1. The number of ether oxygens (including phenoxy) is 1. The van der Waals surface area contributed by atoms with Crippen molar-refractivity contribution in [2.24, 2.45) is 0 Å². The highest BCUT2D eigenvalue weighted by Gasteiger charge is 2.07. The van der Waals surface area contributed by atoms with Crippen LogP contribution in [0.4, 0.5) is 5.69 Å². The summed E-state index contributed by atoms with van der Waals surface area (Å²) < 4.78 is 5.10. The number of rotatable bonds is 8. The van der Waals surface area contributed by atoms with Crippen molar-refractivity contribution >= 4 is 5.69 Å². The fraction of sp³-hybridized carbons (Fsp3) is 0.467. The Hall–Kier alpha value is -1.32. The lowest BCUT2D eigenvalue weighted by atomic mass is 10.1. The molecule has 0 aliphatic rings. The number of aliphatic hydroxyl groups excluding tert-OH is 1. The fourth-order valence-corrected chi connectivity index (χ4v) is 1.83. The fourth-order valence-electron chi connectivity index (χ4n) is 1.83. The molecule has 0 radical (unpaired) electrons. The van der Waals surface area contributed by atoms with Crippen LogP contribution in [0.1, 0.15) is 25.0 Å². The maximum Gasteiger partial charge on any atom is 0.0787 e. The van der Waals surface area contributed by atoms with Crippen molar-refractivity contribution in [1.82, 2.24) is 0 Å². The van der Waals surface area contributed by atoms with Crippen LogP contribution in [0.2, 0.25) is 0 Å². The van der Waals surface area contributed by atoms with Gasteiger partial charge in [0, 0.05) is 25.9 Å². The summed E-state index contributed by atoms with van der Waals surface area (Å²) in [6.45, 7) is 8.05. The van der Waals surface area contributed by atoms with Crippen LogP contribution in [0.5, 0.6) is 0 Å². The highest BCUT2D eigenvalue weighted by molar-refractivity contribution is 5.48. The maximum absolute atomic E-state index is 9.75. The molecule has 1 unspecified atom stereocenters. The highest BCUT2D eigenvalue weighted by Crippen LogP contribution is 2.20. The molecule has 1 rings (SSSR count). The summed E-state index contributed by atoms with van der Waals surface area (Å²) in [6.07, 6.45) is 2.25. The van der Waals surface area contributed by atoms with Gasteiger partial charge in [-0.05, 0) is 24.1 Å². The lowest BCUT2D eigenvalue weighted by molar-refractivity contribution is 0.173. The Balaban J connectivity index is 2.76. The second-order valence-corrected chi connectivity index (χ2v) is 4.24. The summed E-state index contributed by atoms with van der Waals surface area (Å²) in [5.74, 6) is 0. The number of nitrogens with zero attached hydrogens (tertiary/aromatic N) is 1. The monoisotopic (exact) mass is 249 g/mol. The van der Waals surface area contributed by atoms with E-state index in [9.17, 15) is 5.11 Å². The van der Waals surface area contributed by atoms with Gasteiger partial charge in [-0.25, -0.2) is 0 Å². The zero-order chi connectivity index (χ0) is 13.4. The Bertz CT molecular complexity index is 348. The molecule has 1 atom stereocenters. The van der Waals surface area contributed by atoms with E-state index >= 15 is 0 Å². The molecule has 0 heterocycles. The van der Waals surface area contributed by atoms with Gasteiger partial charge in [-0.1, -0.05) is 25.1 Å². The molecule has 0 saturated heterocycles. The molecule has 0 bridgehead atoms. The molecule has 100 valence electrons. The van der Waals surface area contributed by atoms with E-state index in [1.807, 2.05) is 37.3 Å². The summed E-state index contributed by atoms with van der Waals surface area (Å²) in [6, 6.07) is 8.03. The first kappa shape index (κ1) is 14.7. The van der Waals surface area contributed by atoms with Crippen molar-refractivity contribution in [2.45, 2.75) is 19.4 Å². The second-order valence-electron chi connectivity index (χ2n) is 4.24. The summed E-state index contributed by atoms with van der Waals surface area (Å²) in [4.78, 5) is 2.19. The van der Waals surface area contributed by atoms with Gasteiger partial charge >= 0.3 is 0 Å². The maximum atomic E-state index is 9.75. The average molecular weight is 249 g/mol. The quantitative estimate of drug-likeness (QED) is 0.719. The molecule has 1 N–H and O–H groups in total. The SMILES string of the molecule is C=CCN(CCOC)c1ccc(C(O)CC)cc1. The van der Waals surface area contributed by atoms with E-state index in [1.54, 1.807) is 7.11 Å². The molecule has 0 aliphatic heterocycles. The van der Waals surface area contributed by atoms with Crippen LogP contribution < -0.4 is 4.90 Å². The Kier molecular flexibility index (Phi) is 6.47. The van der Waals surface area contributed by atoms with E-state index in [4.69, 9.17) is 4.74 Å². The molecule has 0 spiro atoms. The second kappa shape index (κ2) is 7.90. The van der Waals surface area contributed by atoms with Crippen LogP contribution in [0.25, 0.3) is 0 Å². The Morgan fingerprint density at radius 1 is 1.39 bits per heavy atom. The first-order chi connectivity index (χ1) is 8.72. The van der Waals surface area contributed by atoms with Gasteiger partial charge in [0.1, 0.15) is 0 Å². The standard InChI is InChI=1S/C15H23NO2/c1-4-10-16(11-12-18-3)14-8-6-13(7-9-14)15(17)5-2/h4,6-9,15,17H,1,5,10-12H2,2-3H3. The largest absolute Gasteiger partial charge is 0.388 e. The minimum atomic E-state index is -0.370. The number of benzene rings is 1. The number of hydrogen-bond donors (Lipinski definition) is 1. The average Bonchev–Trinajstić information content (AvgIpc) is 2.43. The van der Waals surface area contributed by atoms with Gasteiger partial charge in [0.15, 0.2) is 0 Å². The van der Waals surface area contributed by atoms with Gasteiger partial charge in [0.05, 0.1) is 12.7 Å². The van der Waals surface area contributed by atoms with E-state index in [0.29, 0.717) is 6.61 Å². The summed E-state index contributed by atoms with van der Waals surface area (Å²) in [5, 5.41) is 9.75. The Morgan fingerprint density at radius 3 is 2.56 bits per heavy atom. The molecule has 1 aromatic carbocycles. The van der Waals surface area contributed by atoms with Crippen LogP contribution in [-0.2, 0) is 4.74 Å². The van der Waals surface area contributed by atoms with Crippen molar-refractivity contribution in [1.29, 1.82) is 0 Å². The lowest BCUT2D eigenvalue weighted by Gasteiger charge is -2.23. The zero-order valence-electron chi connectivity index (χ0n) is 11.3. The molecule has 3 nitrogen and oxygen atoms in total. The van der Waals surface area contributed by atoms with Crippen LogP contribution in [0, 0.1) is 0 Å². The predicted molar refractivity (Wildman–Crippen MR) is 76.0 cm³/mol. The van der Waals surface area contributed by atoms with Crippen LogP contribution in [-0.4, -0.2) is 31.9 Å². The van der Waals surface area contributed by atoms with Crippen molar-refractivity contribution in [3.63, 3.8) is 0 Å². The van der Waals surface area contributed by atoms with Crippen LogP contribution in [0.15, 0.2) is 36.9 Å². The van der Waals surface area contributed by atoms with Gasteiger partial charge in [-0.2, -0.15) is 0 Å². The number of anilines is 1. The molecule has 0 fully saturated rings. The highest BCUT2D eigenvalue weighted by atomic mass is 16.5. The van der Waals surface area contributed by atoms with Crippen molar-refractivity contribution in [3.8, 4) is 0 Å². The van der Waals surface area contributed by atoms with Gasteiger partial charge < -0.3 is 14.7 Å². The van der Waals surface area contributed by atoms with E-state index in [0.717, 1.165) is 30.8 Å². The van der Waals surface area contributed by atoms with Crippen LogP contribution >= 0.6 is 0 Å². The predicted octanol–water partition coefficient (Wildman–Crippen LogP) is 2.77. The van der Waals surface area contributed by atoms with Gasteiger partial charge in [-0.15, -0.1) is 6.58 Å². The lowest BCUT2D eigenvalue weighted by Crippen LogP contribution is -2.27. The minimum Gasteiger partial charge on any atom is -0.388 e. The Labute approximate surface area is 110 Å². The molecule has 0 amide bonds. The Morgan fingerprint density at radius 2 is 2.06 bits per heavy atom.